The lowest BCUT2D eigenvalue weighted by Gasteiger charge is -2.36. The first-order valence-corrected chi connectivity index (χ1v) is 13.2. The highest BCUT2D eigenvalue weighted by molar-refractivity contribution is 7.84. The van der Waals surface area contributed by atoms with Gasteiger partial charge < -0.3 is 20.1 Å². The van der Waals surface area contributed by atoms with E-state index in [2.05, 4.69) is 22.4 Å². The fourth-order valence-corrected chi connectivity index (χ4v) is 6.10. The summed E-state index contributed by atoms with van der Waals surface area (Å²) >= 11 is 0. The number of nitrogens with one attached hydrogen (secondary N) is 1. The van der Waals surface area contributed by atoms with E-state index in [0.717, 1.165) is 40.4 Å². The van der Waals surface area contributed by atoms with Crippen LogP contribution in [0.5, 0.6) is 0 Å². The average Bonchev–Trinajstić information content (AvgIpc) is 3.56. The second kappa shape index (κ2) is 8.15. The maximum atomic E-state index is 13.7. The number of aromatic nitrogens is 1. The van der Waals surface area contributed by atoms with Gasteiger partial charge in [0.15, 0.2) is 0 Å². The molecule has 1 spiro atoms. The molecule has 34 heavy (non-hydrogen) atoms. The van der Waals surface area contributed by atoms with Gasteiger partial charge in [0, 0.05) is 35.9 Å². The maximum absolute atomic E-state index is 13.7. The number of amides is 1. The topological polar surface area (TPSA) is 91.8 Å². The molecule has 176 valence electrons. The van der Waals surface area contributed by atoms with Crippen LogP contribution >= 0.6 is 0 Å². The van der Waals surface area contributed by atoms with Gasteiger partial charge in [-0.05, 0) is 47.9 Å². The number of aliphatic hydroxyl groups is 1. The highest BCUT2D eigenvalue weighted by atomic mass is 32.2. The molecular formula is C26H27N3O4S. The molecule has 1 saturated carbocycles. The molecule has 1 aliphatic carbocycles. The predicted octanol–water partition coefficient (Wildman–Crippen LogP) is 2.93. The lowest BCUT2D eigenvalue weighted by Crippen LogP contribution is -2.47. The summed E-state index contributed by atoms with van der Waals surface area (Å²) in [6.45, 7) is 1.41. The molecule has 2 fully saturated rings. The van der Waals surface area contributed by atoms with Crippen LogP contribution in [0.25, 0.3) is 10.8 Å². The Bertz CT molecular complexity index is 1310. The van der Waals surface area contributed by atoms with Crippen molar-refractivity contribution >= 4 is 33.2 Å². The summed E-state index contributed by atoms with van der Waals surface area (Å²) in [6.07, 6.45) is 5.07. The number of carbonyl (C=O) groups is 1. The van der Waals surface area contributed by atoms with Gasteiger partial charge in [-0.25, -0.2) is 4.98 Å². The molecule has 0 radical (unpaired) electrons. The molecule has 2 aliphatic heterocycles. The van der Waals surface area contributed by atoms with Gasteiger partial charge in [0.2, 0.25) is 0 Å². The second-order valence-corrected chi connectivity index (χ2v) is 10.9. The molecule has 1 amide bonds. The van der Waals surface area contributed by atoms with Crippen LogP contribution in [0.15, 0.2) is 53.7 Å². The van der Waals surface area contributed by atoms with Crippen molar-refractivity contribution in [1.29, 1.82) is 0 Å². The van der Waals surface area contributed by atoms with E-state index in [1.54, 1.807) is 18.5 Å². The number of pyridine rings is 1. The SMILES string of the molecule is CS(=O)c1ccc(Cc2cc3c(c4ccccc24)NCN(C2CC24CCOC[C@@H]4O)C3=O)cn1. The van der Waals surface area contributed by atoms with E-state index in [1.807, 2.05) is 29.2 Å². The number of ether oxygens (including phenoxy) is 1. The third-order valence-corrected chi connectivity index (χ3v) is 8.47. The number of fused-ring (bicyclic) bond motifs is 3. The van der Waals surface area contributed by atoms with Gasteiger partial charge in [0.05, 0.1) is 41.4 Å². The van der Waals surface area contributed by atoms with Crippen molar-refractivity contribution in [3.05, 3.63) is 65.4 Å². The van der Waals surface area contributed by atoms with E-state index in [9.17, 15) is 14.1 Å². The van der Waals surface area contributed by atoms with E-state index in [-0.39, 0.29) is 17.4 Å². The van der Waals surface area contributed by atoms with Crippen molar-refractivity contribution in [3.8, 4) is 0 Å². The van der Waals surface area contributed by atoms with Crippen LogP contribution in [-0.2, 0) is 22.0 Å². The van der Waals surface area contributed by atoms with Gasteiger partial charge in [-0.15, -0.1) is 0 Å². The van der Waals surface area contributed by atoms with Crippen molar-refractivity contribution in [1.82, 2.24) is 9.88 Å². The quantitative estimate of drug-likeness (QED) is 0.600. The average molecular weight is 478 g/mol. The Morgan fingerprint density at radius 1 is 1.26 bits per heavy atom. The van der Waals surface area contributed by atoms with Crippen molar-refractivity contribution in [2.24, 2.45) is 5.41 Å². The predicted molar refractivity (Wildman–Crippen MR) is 130 cm³/mol. The van der Waals surface area contributed by atoms with Gasteiger partial charge in [-0.3, -0.25) is 9.00 Å². The molecular weight excluding hydrogens is 450 g/mol. The molecule has 0 bridgehead atoms. The molecule has 2 N–H and O–H groups in total. The minimum absolute atomic E-state index is 0.0103. The molecule has 7 nitrogen and oxygen atoms in total. The van der Waals surface area contributed by atoms with Crippen molar-refractivity contribution in [2.75, 3.05) is 31.5 Å². The summed E-state index contributed by atoms with van der Waals surface area (Å²) in [5.41, 5.74) is 3.36. The van der Waals surface area contributed by atoms with Crippen LogP contribution in [0.4, 0.5) is 5.69 Å². The first-order valence-electron chi connectivity index (χ1n) is 11.6. The first kappa shape index (κ1) is 21.7. The Morgan fingerprint density at radius 3 is 2.82 bits per heavy atom. The number of benzene rings is 2. The molecule has 3 aliphatic rings. The van der Waals surface area contributed by atoms with Crippen molar-refractivity contribution in [2.45, 2.75) is 36.4 Å². The Labute approximate surface area is 200 Å². The number of hydrogen-bond donors (Lipinski definition) is 2. The second-order valence-electron chi connectivity index (χ2n) is 9.54. The van der Waals surface area contributed by atoms with Crippen LogP contribution in [-0.4, -0.2) is 63.4 Å². The van der Waals surface area contributed by atoms with Gasteiger partial charge >= 0.3 is 0 Å². The van der Waals surface area contributed by atoms with Crippen LogP contribution in [0.3, 0.4) is 0 Å². The molecule has 3 heterocycles. The summed E-state index contributed by atoms with van der Waals surface area (Å²) < 4.78 is 17.1. The zero-order valence-electron chi connectivity index (χ0n) is 19.0. The van der Waals surface area contributed by atoms with Gasteiger partial charge in [-0.1, -0.05) is 30.3 Å². The largest absolute Gasteiger partial charge is 0.390 e. The maximum Gasteiger partial charge on any atom is 0.257 e. The Morgan fingerprint density at radius 2 is 2.09 bits per heavy atom. The standard InChI is InChI=1S/C26H27N3O4S/c1-34(32)23-7-6-16(13-27-23)10-17-11-20-24(19-5-3-2-4-18(17)19)28-15-29(25(20)31)21-12-26(21)8-9-33-14-22(26)30/h2-7,11,13,21-22,28,30H,8-10,12,14-15H2,1H3/t21?,22-,26?,34?/m0/s1. The summed E-state index contributed by atoms with van der Waals surface area (Å²) in [4.78, 5) is 20.0. The summed E-state index contributed by atoms with van der Waals surface area (Å²) in [7, 11) is -1.12. The highest BCUT2D eigenvalue weighted by Crippen LogP contribution is 2.57. The number of anilines is 1. The molecule has 3 aromatic rings. The molecule has 1 saturated heterocycles. The monoisotopic (exact) mass is 477 g/mol. The lowest BCUT2D eigenvalue weighted by atomic mass is 9.91. The molecule has 3 unspecified atom stereocenters. The number of hydrogen-bond acceptors (Lipinski definition) is 6. The van der Waals surface area contributed by atoms with Crippen LogP contribution in [0, 0.1) is 5.41 Å². The van der Waals surface area contributed by atoms with E-state index in [4.69, 9.17) is 4.74 Å². The van der Waals surface area contributed by atoms with Crippen LogP contribution in [0.1, 0.15) is 34.3 Å². The fourth-order valence-electron chi connectivity index (χ4n) is 5.64. The third kappa shape index (κ3) is 3.43. The zero-order valence-corrected chi connectivity index (χ0v) is 19.8. The van der Waals surface area contributed by atoms with Crippen molar-refractivity contribution in [3.63, 3.8) is 0 Å². The van der Waals surface area contributed by atoms with Gasteiger partial charge in [0.25, 0.3) is 5.91 Å². The highest BCUT2D eigenvalue weighted by Gasteiger charge is 2.63. The summed E-state index contributed by atoms with van der Waals surface area (Å²) in [5, 5.41) is 16.8. The molecule has 8 heteroatoms. The number of carbonyl (C=O) groups excluding carboxylic acids is 1. The van der Waals surface area contributed by atoms with E-state index in [1.165, 1.54) is 0 Å². The first-order chi connectivity index (χ1) is 16.5. The zero-order chi connectivity index (χ0) is 23.4. The number of rotatable bonds is 4. The van der Waals surface area contributed by atoms with E-state index < -0.39 is 16.9 Å². The molecule has 6 rings (SSSR count). The molecule has 1 aromatic heterocycles. The Kier molecular flexibility index (Phi) is 5.20. The van der Waals surface area contributed by atoms with Crippen LogP contribution in [0.2, 0.25) is 0 Å². The summed E-state index contributed by atoms with van der Waals surface area (Å²) in [5.74, 6) is 0.0103. The van der Waals surface area contributed by atoms with Gasteiger partial charge in [0.1, 0.15) is 5.03 Å². The molecule has 4 atom stereocenters. The number of nitrogens with zero attached hydrogens (tertiary/aromatic N) is 2. The lowest BCUT2D eigenvalue weighted by molar-refractivity contribution is -0.0626. The van der Waals surface area contributed by atoms with Crippen LogP contribution < -0.4 is 5.32 Å². The summed E-state index contributed by atoms with van der Waals surface area (Å²) in [6, 6.07) is 13.9. The van der Waals surface area contributed by atoms with Crippen molar-refractivity contribution < 1.29 is 18.8 Å². The minimum atomic E-state index is -1.12. The normalized spacial score (nSPS) is 26.9. The van der Waals surface area contributed by atoms with E-state index >= 15 is 0 Å². The fraction of sp³-hybridized carbons (Fsp3) is 0.385. The third-order valence-electron chi connectivity index (χ3n) is 7.64. The number of aliphatic hydroxyl groups excluding tert-OH is 1. The Hall–Kier alpha value is -2.81. The smallest absolute Gasteiger partial charge is 0.257 e. The minimum Gasteiger partial charge on any atom is -0.390 e. The Balaban J connectivity index is 1.36. The van der Waals surface area contributed by atoms with E-state index in [0.29, 0.717) is 36.9 Å². The van der Waals surface area contributed by atoms with Gasteiger partial charge in [-0.2, -0.15) is 0 Å². The molecule has 2 aromatic carbocycles.